The van der Waals surface area contributed by atoms with E-state index in [-0.39, 0.29) is 35.0 Å². The molecule has 3 rings (SSSR count). The van der Waals surface area contributed by atoms with Gasteiger partial charge in [-0.3, -0.25) is 4.79 Å². The third-order valence-corrected chi connectivity index (χ3v) is 7.85. The Hall–Kier alpha value is -2.10. The number of rotatable bonds is 7. The number of amides is 2. The van der Waals surface area contributed by atoms with Crippen LogP contribution in [0.3, 0.4) is 0 Å². The summed E-state index contributed by atoms with van der Waals surface area (Å²) in [4.78, 5) is 27.7. The molecule has 1 heterocycles. The van der Waals surface area contributed by atoms with Crippen molar-refractivity contribution < 1.29 is 27.5 Å². The number of benzene rings is 2. The maximum Gasteiger partial charge on any atom is 0.416 e. The summed E-state index contributed by atoms with van der Waals surface area (Å²) < 4.78 is 47.7. The van der Waals surface area contributed by atoms with Gasteiger partial charge < -0.3 is 15.0 Å². The highest BCUT2D eigenvalue weighted by atomic mass is 35.5. The maximum absolute atomic E-state index is 14.1. The minimum absolute atomic E-state index is 0.0343. The minimum atomic E-state index is -4.69. The lowest BCUT2D eigenvalue weighted by molar-refractivity contribution is -0.138. The highest BCUT2D eigenvalue weighted by Gasteiger charge is 2.37. The van der Waals surface area contributed by atoms with Crippen molar-refractivity contribution in [3.8, 4) is 0 Å². The minimum Gasteiger partial charge on any atom is -0.444 e. The smallest absolute Gasteiger partial charge is 0.416 e. The molecule has 1 aliphatic heterocycles. The molecule has 0 saturated carbocycles. The topological polar surface area (TPSA) is 58.6 Å². The second-order valence-corrected chi connectivity index (χ2v) is 12.6. The van der Waals surface area contributed by atoms with Gasteiger partial charge in [0.1, 0.15) is 5.60 Å². The molecule has 1 aliphatic rings. The number of ether oxygens (including phenoxy) is 1. The summed E-state index contributed by atoms with van der Waals surface area (Å²) in [5.41, 5.74) is -0.962. The average molecular weight is 606 g/mol. The van der Waals surface area contributed by atoms with E-state index >= 15 is 0 Å². The predicted molar refractivity (Wildman–Crippen MR) is 150 cm³/mol. The van der Waals surface area contributed by atoms with Gasteiger partial charge >= 0.3 is 12.3 Å². The lowest BCUT2D eigenvalue weighted by Crippen LogP contribution is -2.42. The Morgan fingerprint density at radius 3 is 2.36 bits per heavy atom. The maximum atomic E-state index is 14.1. The Morgan fingerprint density at radius 2 is 1.77 bits per heavy atom. The van der Waals surface area contributed by atoms with Crippen molar-refractivity contribution in [2.75, 3.05) is 18.8 Å². The molecule has 39 heavy (non-hydrogen) atoms. The molecule has 2 aromatic carbocycles. The molecule has 0 atom stereocenters. The highest BCUT2D eigenvalue weighted by molar-refractivity contribution is 7.99. The van der Waals surface area contributed by atoms with Crippen LogP contribution in [-0.2, 0) is 23.9 Å². The molecule has 0 bridgehead atoms. The summed E-state index contributed by atoms with van der Waals surface area (Å²) in [5, 5.41) is 3.09. The van der Waals surface area contributed by atoms with E-state index in [1.807, 2.05) is 13.0 Å². The molecule has 0 unspecified atom stereocenters. The molecule has 0 aromatic heterocycles. The van der Waals surface area contributed by atoms with E-state index in [0.717, 1.165) is 22.3 Å². The normalized spacial score (nSPS) is 14.8. The Kier molecular flexibility index (Phi) is 10.5. The summed E-state index contributed by atoms with van der Waals surface area (Å²) in [5.74, 6) is 0.0561. The fourth-order valence-electron chi connectivity index (χ4n) is 4.42. The van der Waals surface area contributed by atoms with E-state index in [1.165, 1.54) is 6.07 Å². The van der Waals surface area contributed by atoms with Gasteiger partial charge in [-0.2, -0.15) is 13.2 Å². The molecule has 5 nitrogen and oxygen atoms in total. The van der Waals surface area contributed by atoms with Gasteiger partial charge in [-0.25, -0.2) is 4.79 Å². The second-order valence-electron chi connectivity index (χ2n) is 10.5. The SMILES string of the molecule is CCSc1ccc(Cl)cc1CNC(=O)c1cc(Cl)c(CC2CCN(C(=O)OC(C)(C)C)CC2)c(C(F)(F)F)c1. The van der Waals surface area contributed by atoms with Gasteiger partial charge in [0, 0.05) is 40.1 Å². The molecule has 1 saturated heterocycles. The standard InChI is InChI=1S/C28H33Cl2F3N2O3S/c1-5-39-24-7-6-20(29)13-19(24)16-34-25(36)18-14-22(28(31,32)33)21(23(30)15-18)12-17-8-10-35(11-9-17)26(37)38-27(2,3)4/h6-7,13-15,17H,5,8-12,16H2,1-4H3,(H,34,36). The van der Waals surface area contributed by atoms with Crippen LogP contribution >= 0.6 is 35.0 Å². The third kappa shape index (κ3) is 8.95. The molecular formula is C28H33Cl2F3N2O3S. The van der Waals surface area contributed by atoms with Crippen LogP contribution in [0.1, 0.15) is 67.6 Å². The van der Waals surface area contributed by atoms with Gasteiger partial charge in [0.2, 0.25) is 0 Å². The average Bonchev–Trinajstić information content (AvgIpc) is 2.83. The van der Waals surface area contributed by atoms with Crippen molar-refractivity contribution in [1.82, 2.24) is 10.2 Å². The van der Waals surface area contributed by atoms with E-state index in [0.29, 0.717) is 31.0 Å². The largest absolute Gasteiger partial charge is 0.444 e. The van der Waals surface area contributed by atoms with Crippen LogP contribution in [0, 0.1) is 5.92 Å². The van der Waals surface area contributed by atoms with Crippen LogP contribution in [0.15, 0.2) is 35.2 Å². The molecule has 0 aliphatic carbocycles. The van der Waals surface area contributed by atoms with Crippen molar-refractivity contribution in [3.63, 3.8) is 0 Å². The lowest BCUT2D eigenvalue weighted by atomic mass is 9.87. The van der Waals surface area contributed by atoms with Gasteiger partial charge in [0.25, 0.3) is 5.91 Å². The van der Waals surface area contributed by atoms with Crippen molar-refractivity contribution in [2.45, 2.75) is 70.2 Å². The monoisotopic (exact) mass is 604 g/mol. The number of thioether (sulfide) groups is 1. The molecule has 2 amide bonds. The van der Waals surface area contributed by atoms with Crippen molar-refractivity contribution in [2.24, 2.45) is 5.92 Å². The Bertz CT molecular complexity index is 1190. The van der Waals surface area contributed by atoms with E-state index < -0.39 is 29.3 Å². The Balaban J connectivity index is 1.73. The summed E-state index contributed by atoms with van der Waals surface area (Å²) >= 11 is 14.1. The van der Waals surface area contributed by atoms with Gasteiger partial charge in [-0.15, -0.1) is 11.8 Å². The van der Waals surface area contributed by atoms with Crippen LogP contribution in [-0.4, -0.2) is 41.3 Å². The summed E-state index contributed by atoms with van der Waals surface area (Å²) in [6.07, 6.45) is -3.98. The van der Waals surface area contributed by atoms with Gasteiger partial charge in [0.05, 0.1) is 5.56 Å². The molecule has 0 spiro atoms. The number of halogens is 5. The zero-order valence-corrected chi connectivity index (χ0v) is 24.7. The van der Waals surface area contributed by atoms with Crippen molar-refractivity contribution >= 4 is 47.0 Å². The van der Waals surface area contributed by atoms with Crippen LogP contribution in [0.2, 0.25) is 10.0 Å². The van der Waals surface area contributed by atoms with Crippen LogP contribution in [0.4, 0.5) is 18.0 Å². The number of carbonyl (C=O) groups excluding carboxylic acids is 2. The Morgan fingerprint density at radius 1 is 1.10 bits per heavy atom. The fourth-order valence-corrected chi connectivity index (χ4v) is 5.71. The zero-order chi connectivity index (χ0) is 29.0. The number of nitrogens with zero attached hydrogens (tertiary/aromatic N) is 1. The van der Waals surface area contributed by atoms with Crippen LogP contribution in [0.25, 0.3) is 0 Å². The first kappa shape index (κ1) is 31.4. The molecule has 214 valence electrons. The quantitative estimate of drug-likeness (QED) is 0.323. The molecule has 0 radical (unpaired) electrons. The molecule has 1 fully saturated rings. The van der Waals surface area contributed by atoms with Gasteiger partial charge in [-0.1, -0.05) is 30.1 Å². The number of hydrogen-bond acceptors (Lipinski definition) is 4. The van der Waals surface area contributed by atoms with E-state index in [1.54, 1.807) is 49.6 Å². The van der Waals surface area contributed by atoms with Gasteiger partial charge in [0.15, 0.2) is 0 Å². The summed E-state index contributed by atoms with van der Waals surface area (Å²) in [6, 6.07) is 7.48. The molecule has 11 heteroatoms. The highest BCUT2D eigenvalue weighted by Crippen LogP contribution is 2.38. The summed E-state index contributed by atoms with van der Waals surface area (Å²) in [7, 11) is 0. The molecule has 1 N–H and O–H groups in total. The third-order valence-electron chi connectivity index (χ3n) is 6.28. The fraction of sp³-hybridized carbons (Fsp3) is 0.500. The number of carbonyl (C=O) groups is 2. The lowest BCUT2D eigenvalue weighted by Gasteiger charge is -2.34. The van der Waals surface area contributed by atoms with Crippen LogP contribution < -0.4 is 5.32 Å². The first-order chi connectivity index (χ1) is 18.2. The van der Waals surface area contributed by atoms with E-state index in [9.17, 15) is 22.8 Å². The number of likely N-dealkylation sites (tertiary alicyclic amines) is 1. The first-order valence-corrected chi connectivity index (χ1v) is 14.5. The van der Waals surface area contributed by atoms with Gasteiger partial charge in [-0.05, 0) is 93.2 Å². The number of nitrogens with one attached hydrogen (secondary N) is 1. The van der Waals surface area contributed by atoms with Crippen molar-refractivity contribution in [3.05, 3.63) is 62.6 Å². The second kappa shape index (κ2) is 13.0. The predicted octanol–water partition coefficient (Wildman–Crippen LogP) is 8.24. The van der Waals surface area contributed by atoms with Crippen LogP contribution in [0.5, 0.6) is 0 Å². The summed E-state index contributed by atoms with van der Waals surface area (Å²) in [6.45, 7) is 8.22. The van der Waals surface area contributed by atoms with E-state index in [2.05, 4.69) is 5.32 Å². The molecular weight excluding hydrogens is 572 g/mol. The Labute approximate surface area is 241 Å². The van der Waals surface area contributed by atoms with Crippen molar-refractivity contribution in [1.29, 1.82) is 0 Å². The van der Waals surface area contributed by atoms with E-state index in [4.69, 9.17) is 27.9 Å². The number of alkyl halides is 3. The zero-order valence-electron chi connectivity index (χ0n) is 22.4. The first-order valence-electron chi connectivity index (χ1n) is 12.7. The molecule has 2 aromatic rings. The number of piperidine rings is 1. The number of hydrogen-bond donors (Lipinski definition) is 1.